The zero-order valence-electron chi connectivity index (χ0n) is 9.91. The minimum absolute atomic E-state index is 0.194. The molecule has 0 bridgehead atoms. The van der Waals surface area contributed by atoms with Gasteiger partial charge in [0, 0.05) is 22.6 Å². The van der Waals surface area contributed by atoms with Crippen LogP contribution in [0.5, 0.6) is 0 Å². The Bertz CT molecular complexity index is 376. The number of halogens is 1. The molecule has 0 radical (unpaired) electrons. The molecule has 0 aliphatic carbocycles. The summed E-state index contributed by atoms with van der Waals surface area (Å²) in [6.07, 6.45) is 2.27. The molecule has 2 nitrogen and oxygen atoms in total. The van der Waals surface area contributed by atoms with E-state index in [0.717, 1.165) is 23.9 Å². The molecule has 1 heterocycles. The van der Waals surface area contributed by atoms with Gasteiger partial charge in [0.2, 0.25) is 0 Å². The first-order valence-corrected chi connectivity index (χ1v) is 6.58. The molecule has 1 aromatic carbocycles. The first kappa shape index (κ1) is 11.9. The third-order valence-electron chi connectivity index (χ3n) is 3.42. The van der Waals surface area contributed by atoms with Gasteiger partial charge < -0.3 is 10.6 Å². The molecule has 2 rings (SSSR count). The lowest BCUT2D eigenvalue weighted by Gasteiger charge is -2.46. The molecular formula is C13H19BrN2. The van der Waals surface area contributed by atoms with Gasteiger partial charge in [0.25, 0.3) is 0 Å². The zero-order chi connectivity index (χ0) is 11.8. The standard InChI is InChI=1S/C13H19BrN2/c1-13(2)8-7-10(15)9-16(13)12-6-4-3-5-11(12)14/h3-6,10H,7-9,15H2,1-2H3. The van der Waals surface area contributed by atoms with Crippen molar-refractivity contribution in [2.45, 2.75) is 38.3 Å². The Kier molecular flexibility index (Phi) is 3.27. The Balaban J connectivity index is 2.34. The number of benzene rings is 1. The highest BCUT2D eigenvalue weighted by molar-refractivity contribution is 9.10. The van der Waals surface area contributed by atoms with Gasteiger partial charge in [-0.2, -0.15) is 0 Å². The molecule has 2 N–H and O–H groups in total. The van der Waals surface area contributed by atoms with Gasteiger partial charge in [0.1, 0.15) is 0 Å². The molecule has 0 spiro atoms. The van der Waals surface area contributed by atoms with E-state index in [0.29, 0.717) is 6.04 Å². The summed E-state index contributed by atoms with van der Waals surface area (Å²) in [7, 11) is 0. The second-order valence-electron chi connectivity index (χ2n) is 5.17. The zero-order valence-corrected chi connectivity index (χ0v) is 11.5. The Morgan fingerprint density at radius 3 is 2.75 bits per heavy atom. The number of nitrogens with zero attached hydrogens (tertiary/aromatic N) is 1. The van der Waals surface area contributed by atoms with E-state index in [4.69, 9.17) is 5.73 Å². The molecule has 1 saturated heterocycles. The van der Waals surface area contributed by atoms with Gasteiger partial charge in [-0.05, 0) is 54.8 Å². The maximum atomic E-state index is 6.08. The quantitative estimate of drug-likeness (QED) is 0.858. The summed E-state index contributed by atoms with van der Waals surface area (Å²) in [5, 5.41) is 0. The van der Waals surface area contributed by atoms with Crippen LogP contribution in [0.25, 0.3) is 0 Å². The molecule has 0 saturated carbocycles. The number of piperidine rings is 1. The summed E-state index contributed by atoms with van der Waals surface area (Å²) in [5.74, 6) is 0. The van der Waals surface area contributed by atoms with Crippen LogP contribution in [-0.2, 0) is 0 Å². The van der Waals surface area contributed by atoms with Gasteiger partial charge in [-0.1, -0.05) is 12.1 Å². The maximum Gasteiger partial charge on any atom is 0.0515 e. The lowest BCUT2D eigenvalue weighted by atomic mass is 9.88. The molecule has 1 fully saturated rings. The van der Waals surface area contributed by atoms with E-state index >= 15 is 0 Å². The van der Waals surface area contributed by atoms with Gasteiger partial charge in [-0.25, -0.2) is 0 Å². The Labute approximate surface area is 106 Å². The van der Waals surface area contributed by atoms with E-state index in [9.17, 15) is 0 Å². The van der Waals surface area contributed by atoms with Crippen LogP contribution in [0.3, 0.4) is 0 Å². The van der Waals surface area contributed by atoms with E-state index in [-0.39, 0.29) is 5.54 Å². The fourth-order valence-corrected chi connectivity index (χ4v) is 2.84. The van der Waals surface area contributed by atoms with Crippen LogP contribution in [0.15, 0.2) is 28.7 Å². The van der Waals surface area contributed by atoms with Crippen molar-refractivity contribution in [3.63, 3.8) is 0 Å². The summed E-state index contributed by atoms with van der Waals surface area (Å²) in [4.78, 5) is 2.42. The first-order valence-electron chi connectivity index (χ1n) is 5.78. The fraction of sp³-hybridized carbons (Fsp3) is 0.538. The Hall–Kier alpha value is -0.540. The van der Waals surface area contributed by atoms with Crippen molar-refractivity contribution >= 4 is 21.6 Å². The van der Waals surface area contributed by atoms with Crippen molar-refractivity contribution in [1.82, 2.24) is 0 Å². The summed E-state index contributed by atoms with van der Waals surface area (Å²) in [5.41, 5.74) is 7.52. The minimum Gasteiger partial charge on any atom is -0.364 e. The second kappa shape index (κ2) is 4.38. The predicted octanol–water partition coefficient (Wildman–Crippen LogP) is 3.16. The van der Waals surface area contributed by atoms with Crippen LogP contribution >= 0.6 is 15.9 Å². The van der Waals surface area contributed by atoms with Crippen molar-refractivity contribution < 1.29 is 0 Å². The van der Waals surface area contributed by atoms with Crippen LogP contribution in [-0.4, -0.2) is 18.1 Å². The number of para-hydroxylation sites is 1. The molecule has 16 heavy (non-hydrogen) atoms. The monoisotopic (exact) mass is 282 g/mol. The van der Waals surface area contributed by atoms with E-state index < -0.39 is 0 Å². The fourth-order valence-electron chi connectivity index (χ4n) is 2.34. The molecule has 1 aromatic rings. The molecule has 1 atom stereocenters. The van der Waals surface area contributed by atoms with Gasteiger partial charge in [-0.15, -0.1) is 0 Å². The normalized spacial score (nSPS) is 24.5. The molecule has 1 aliphatic rings. The average Bonchev–Trinajstić information content (AvgIpc) is 2.23. The third kappa shape index (κ3) is 2.25. The number of hydrogen-bond donors (Lipinski definition) is 1. The number of anilines is 1. The largest absolute Gasteiger partial charge is 0.364 e. The Morgan fingerprint density at radius 1 is 1.38 bits per heavy atom. The smallest absolute Gasteiger partial charge is 0.0515 e. The number of nitrogens with two attached hydrogens (primary N) is 1. The molecule has 3 heteroatoms. The van der Waals surface area contributed by atoms with Crippen molar-refractivity contribution in [1.29, 1.82) is 0 Å². The van der Waals surface area contributed by atoms with Crippen molar-refractivity contribution in [3.8, 4) is 0 Å². The van der Waals surface area contributed by atoms with Gasteiger partial charge >= 0.3 is 0 Å². The Morgan fingerprint density at radius 2 is 2.06 bits per heavy atom. The minimum atomic E-state index is 0.194. The lowest BCUT2D eigenvalue weighted by Crippen LogP contribution is -2.54. The van der Waals surface area contributed by atoms with Gasteiger partial charge in [-0.3, -0.25) is 0 Å². The summed E-state index contributed by atoms with van der Waals surface area (Å²) in [6.45, 7) is 5.52. The third-order valence-corrected chi connectivity index (χ3v) is 4.09. The molecule has 0 amide bonds. The van der Waals surface area contributed by atoms with Crippen LogP contribution in [0, 0.1) is 0 Å². The topological polar surface area (TPSA) is 29.3 Å². The predicted molar refractivity (Wildman–Crippen MR) is 72.8 cm³/mol. The van der Waals surface area contributed by atoms with Crippen LogP contribution < -0.4 is 10.6 Å². The van der Waals surface area contributed by atoms with Crippen molar-refractivity contribution in [3.05, 3.63) is 28.7 Å². The highest BCUT2D eigenvalue weighted by Crippen LogP contribution is 2.36. The molecule has 1 unspecified atom stereocenters. The van der Waals surface area contributed by atoms with Gasteiger partial charge in [0.05, 0.1) is 5.69 Å². The number of rotatable bonds is 1. The highest BCUT2D eigenvalue weighted by Gasteiger charge is 2.33. The maximum absolute atomic E-state index is 6.08. The SMILES string of the molecule is CC1(C)CCC(N)CN1c1ccccc1Br. The summed E-state index contributed by atoms with van der Waals surface area (Å²) >= 11 is 3.62. The van der Waals surface area contributed by atoms with Crippen LogP contribution in [0.2, 0.25) is 0 Å². The molecular weight excluding hydrogens is 264 g/mol. The lowest BCUT2D eigenvalue weighted by molar-refractivity contribution is 0.334. The van der Waals surface area contributed by atoms with Crippen LogP contribution in [0.1, 0.15) is 26.7 Å². The summed E-state index contributed by atoms with van der Waals surface area (Å²) < 4.78 is 1.15. The van der Waals surface area contributed by atoms with Crippen LogP contribution in [0.4, 0.5) is 5.69 Å². The van der Waals surface area contributed by atoms with Crippen molar-refractivity contribution in [2.75, 3.05) is 11.4 Å². The molecule has 88 valence electrons. The molecule has 1 aliphatic heterocycles. The second-order valence-corrected chi connectivity index (χ2v) is 6.03. The summed E-state index contributed by atoms with van der Waals surface area (Å²) in [6, 6.07) is 8.66. The van der Waals surface area contributed by atoms with E-state index in [2.05, 4.69) is 52.9 Å². The average molecular weight is 283 g/mol. The molecule has 0 aromatic heterocycles. The van der Waals surface area contributed by atoms with Gasteiger partial charge in [0.15, 0.2) is 0 Å². The van der Waals surface area contributed by atoms with Crippen molar-refractivity contribution in [2.24, 2.45) is 5.73 Å². The van der Waals surface area contributed by atoms with E-state index in [1.165, 1.54) is 5.69 Å². The van der Waals surface area contributed by atoms with E-state index in [1.54, 1.807) is 0 Å². The number of hydrogen-bond acceptors (Lipinski definition) is 2. The van der Waals surface area contributed by atoms with E-state index in [1.807, 2.05) is 6.07 Å². The highest BCUT2D eigenvalue weighted by atomic mass is 79.9. The first-order chi connectivity index (χ1) is 7.50.